The van der Waals surface area contributed by atoms with Gasteiger partial charge in [0.1, 0.15) is 11.4 Å². The third kappa shape index (κ3) is 10.0. The predicted octanol–water partition coefficient (Wildman–Crippen LogP) is 1.72. The molecule has 0 unspecified atom stereocenters. The largest absolute Gasteiger partial charge is 0.494 e. The smallest absolute Gasteiger partial charge is 0.407 e. The van der Waals surface area contributed by atoms with E-state index in [0.717, 1.165) is 0 Å². The molecule has 0 aromatic heterocycles. The molecule has 5 N–H and O–H groups in total. The van der Waals surface area contributed by atoms with Crippen LogP contribution < -0.4 is 21.1 Å². The van der Waals surface area contributed by atoms with Crippen LogP contribution in [0.5, 0.6) is 5.75 Å². The first-order valence-electron chi connectivity index (χ1n) is 8.55. The highest BCUT2D eigenvalue weighted by molar-refractivity contribution is 5.96. The van der Waals surface area contributed by atoms with Gasteiger partial charge in [-0.1, -0.05) is 0 Å². The number of anilines is 1. The molecule has 9 heteroatoms. The summed E-state index contributed by atoms with van der Waals surface area (Å²) >= 11 is 0. The number of nitrogens with one attached hydrogen (secondary N) is 2. The Morgan fingerprint density at radius 3 is 2.37 bits per heavy atom. The molecule has 0 radical (unpaired) electrons. The summed E-state index contributed by atoms with van der Waals surface area (Å²) in [5.74, 6) is -1.11. The second-order valence-electron chi connectivity index (χ2n) is 6.85. The molecule has 0 aliphatic heterocycles. The summed E-state index contributed by atoms with van der Waals surface area (Å²) in [6.45, 7) is 6.19. The minimum atomic E-state index is -1.14. The van der Waals surface area contributed by atoms with E-state index in [-0.39, 0.29) is 0 Å². The predicted molar refractivity (Wildman–Crippen MR) is 99.6 cm³/mol. The lowest BCUT2D eigenvalue weighted by molar-refractivity contribution is -0.138. The van der Waals surface area contributed by atoms with Crippen LogP contribution in [0.15, 0.2) is 24.3 Å². The number of ether oxygens (including phenoxy) is 2. The molecule has 0 fully saturated rings. The van der Waals surface area contributed by atoms with Gasteiger partial charge in [-0.15, -0.1) is 0 Å². The molecule has 0 aliphatic rings. The lowest BCUT2D eigenvalue weighted by Crippen LogP contribution is -2.37. The maximum absolute atomic E-state index is 11.7. The maximum Gasteiger partial charge on any atom is 0.407 e. The van der Waals surface area contributed by atoms with Gasteiger partial charge in [-0.25, -0.2) is 4.79 Å². The van der Waals surface area contributed by atoms with Gasteiger partial charge in [-0.2, -0.15) is 0 Å². The van der Waals surface area contributed by atoms with Crippen molar-refractivity contribution < 1.29 is 29.0 Å². The molecule has 1 rings (SSSR count). The lowest BCUT2D eigenvalue weighted by Gasteiger charge is -2.19. The number of benzene rings is 1. The molecule has 9 nitrogen and oxygen atoms in total. The van der Waals surface area contributed by atoms with Crippen molar-refractivity contribution in [2.75, 3.05) is 18.5 Å². The molecule has 0 saturated heterocycles. The van der Waals surface area contributed by atoms with Crippen molar-refractivity contribution in [2.24, 2.45) is 5.73 Å². The van der Waals surface area contributed by atoms with E-state index in [1.54, 1.807) is 45.0 Å². The van der Waals surface area contributed by atoms with Crippen LogP contribution >= 0.6 is 0 Å². The fourth-order valence-electron chi connectivity index (χ4n) is 1.92. The van der Waals surface area contributed by atoms with E-state index in [9.17, 15) is 14.4 Å². The molecule has 0 heterocycles. The Labute approximate surface area is 158 Å². The van der Waals surface area contributed by atoms with E-state index in [0.29, 0.717) is 31.0 Å². The van der Waals surface area contributed by atoms with Crippen LogP contribution in [-0.4, -0.2) is 47.9 Å². The van der Waals surface area contributed by atoms with Gasteiger partial charge >= 0.3 is 12.1 Å². The van der Waals surface area contributed by atoms with Crippen LogP contribution in [0.1, 0.15) is 33.6 Å². The highest BCUT2D eigenvalue weighted by Crippen LogP contribution is 2.16. The van der Waals surface area contributed by atoms with Crippen molar-refractivity contribution >= 4 is 23.7 Å². The van der Waals surface area contributed by atoms with E-state index in [1.807, 2.05) is 0 Å². The number of hydrogen-bond donors (Lipinski definition) is 4. The van der Waals surface area contributed by atoms with Gasteiger partial charge in [0.2, 0.25) is 5.91 Å². The molecule has 0 bridgehead atoms. The van der Waals surface area contributed by atoms with Crippen molar-refractivity contribution in [1.29, 1.82) is 0 Å². The quantitative estimate of drug-likeness (QED) is 0.477. The molecule has 150 valence electrons. The third-order valence-electron chi connectivity index (χ3n) is 3.11. The Kier molecular flexibility index (Phi) is 8.53. The first kappa shape index (κ1) is 22.2. The fourth-order valence-corrected chi connectivity index (χ4v) is 1.92. The van der Waals surface area contributed by atoms with Crippen molar-refractivity contribution in [3.8, 4) is 5.75 Å². The van der Waals surface area contributed by atoms with Crippen LogP contribution in [0.25, 0.3) is 0 Å². The molecule has 0 aliphatic carbocycles. The Balaban J connectivity index is 2.29. The van der Waals surface area contributed by atoms with Gasteiger partial charge in [-0.05, 0) is 51.5 Å². The van der Waals surface area contributed by atoms with Crippen LogP contribution in [-0.2, 0) is 14.3 Å². The molecular formula is C18H27N3O6. The maximum atomic E-state index is 11.7. The number of rotatable bonds is 9. The molecule has 1 aromatic rings. The average molecular weight is 381 g/mol. The zero-order valence-electron chi connectivity index (χ0n) is 15.8. The molecule has 1 atom stereocenters. The minimum absolute atomic E-state index is 0.394. The monoisotopic (exact) mass is 381 g/mol. The van der Waals surface area contributed by atoms with Crippen molar-refractivity contribution in [1.82, 2.24) is 5.32 Å². The summed E-state index contributed by atoms with van der Waals surface area (Å²) in [6, 6.07) is 5.47. The third-order valence-corrected chi connectivity index (χ3v) is 3.11. The van der Waals surface area contributed by atoms with E-state index in [2.05, 4.69) is 10.6 Å². The van der Waals surface area contributed by atoms with E-state index in [4.69, 9.17) is 20.3 Å². The molecular weight excluding hydrogens is 354 g/mol. The Morgan fingerprint density at radius 2 is 1.81 bits per heavy atom. The highest BCUT2D eigenvalue weighted by atomic mass is 16.6. The van der Waals surface area contributed by atoms with Crippen LogP contribution in [0, 0.1) is 0 Å². The van der Waals surface area contributed by atoms with Crippen LogP contribution in [0.3, 0.4) is 0 Å². The first-order chi connectivity index (χ1) is 12.6. The number of amides is 2. The van der Waals surface area contributed by atoms with Gasteiger partial charge in [0, 0.05) is 12.2 Å². The molecule has 2 amide bonds. The molecule has 27 heavy (non-hydrogen) atoms. The second kappa shape index (κ2) is 10.4. The molecule has 0 spiro atoms. The van der Waals surface area contributed by atoms with Crippen molar-refractivity contribution in [3.63, 3.8) is 0 Å². The van der Waals surface area contributed by atoms with Gasteiger partial charge in [0.05, 0.1) is 19.1 Å². The second-order valence-corrected chi connectivity index (χ2v) is 6.85. The first-order valence-corrected chi connectivity index (χ1v) is 8.55. The number of carbonyl (C=O) groups is 3. The highest BCUT2D eigenvalue weighted by Gasteiger charge is 2.17. The van der Waals surface area contributed by atoms with E-state index >= 15 is 0 Å². The molecule has 1 aromatic carbocycles. The van der Waals surface area contributed by atoms with Crippen molar-refractivity contribution in [3.05, 3.63) is 24.3 Å². The van der Waals surface area contributed by atoms with Crippen molar-refractivity contribution in [2.45, 2.75) is 45.3 Å². The molecule has 0 saturated carbocycles. The lowest BCUT2D eigenvalue weighted by atomic mass is 10.2. The van der Waals surface area contributed by atoms with Gasteiger partial charge < -0.3 is 30.9 Å². The summed E-state index contributed by atoms with van der Waals surface area (Å²) in [5, 5.41) is 13.8. The topological polar surface area (TPSA) is 140 Å². The van der Waals surface area contributed by atoms with Crippen LogP contribution in [0.2, 0.25) is 0 Å². The fraction of sp³-hybridized carbons (Fsp3) is 0.500. The summed E-state index contributed by atoms with van der Waals surface area (Å²) in [4.78, 5) is 33.8. The minimum Gasteiger partial charge on any atom is -0.494 e. The number of carboxylic acids is 1. The number of hydrogen-bond acceptors (Lipinski definition) is 6. The standard InChI is InChI=1S/C18H27N3O6/c1-18(2,3)27-17(25)20-9-4-10-26-13-7-5-12(6-8-13)21-16(24)14(19)11-15(22)23/h5-8,14H,4,9-11,19H2,1-3H3,(H,20,25)(H,21,24)(H,22,23)/t14-/m0/s1. The zero-order chi connectivity index (χ0) is 20.4. The summed E-state index contributed by atoms with van der Waals surface area (Å²) < 4.78 is 10.7. The van der Waals surface area contributed by atoms with Gasteiger partial charge in [-0.3, -0.25) is 9.59 Å². The van der Waals surface area contributed by atoms with Gasteiger partial charge in [0.15, 0.2) is 0 Å². The zero-order valence-corrected chi connectivity index (χ0v) is 15.8. The summed E-state index contributed by atoms with van der Waals surface area (Å²) in [5.41, 5.74) is 5.44. The number of carbonyl (C=O) groups excluding carboxylic acids is 2. The number of aliphatic carboxylic acids is 1. The van der Waals surface area contributed by atoms with E-state index in [1.165, 1.54) is 0 Å². The Morgan fingerprint density at radius 1 is 1.19 bits per heavy atom. The van der Waals surface area contributed by atoms with Gasteiger partial charge in [0.25, 0.3) is 0 Å². The number of nitrogens with two attached hydrogens (primary N) is 1. The Bertz CT molecular complexity index is 639. The number of carboxylic acid groups (broad SMARTS) is 1. The average Bonchev–Trinajstić information content (AvgIpc) is 2.53. The normalized spacial score (nSPS) is 12.0. The van der Waals surface area contributed by atoms with E-state index < -0.39 is 36.0 Å². The van der Waals surface area contributed by atoms with Crippen LogP contribution in [0.4, 0.5) is 10.5 Å². The SMILES string of the molecule is CC(C)(C)OC(=O)NCCCOc1ccc(NC(=O)[C@@H](N)CC(=O)O)cc1. The Hall–Kier alpha value is -2.81. The summed E-state index contributed by atoms with van der Waals surface area (Å²) in [6.07, 6.45) is -0.310. The summed E-state index contributed by atoms with van der Waals surface area (Å²) in [7, 11) is 0. The number of alkyl carbamates (subject to hydrolysis) is 1.